The number of benzene rings is 2. The highest BCUT2D eigenvalue weighted by atomic mass is 19.1. The van der Waals surface area contributed by atoms with E-state index in [0.717, 1.165) is 45.7 Å². The fourth-order valence-corrected chi connectivity index (χ4v) is 3.71. The van der Waals surface area contributed by atoms with Crippen LogP contribution in [0, 0.1) is 12.7 Å². The van der Waals surface area contributed by atoms with Gasteiger partial charge in [0.05, 0.1) is 24.5 Å². The van der Waals surface area contributed by atoms with Gasteiger partial charge >= 0.3 is 0 Å². The van der Waals surface area contributed by atoms with E-state index in [-0.39, 0.29) is 18.0 Å². The van der Waals surface area contributed by atoms with Gasteiger partial charge in [-0.3, -0.25) is 0 Å². The fraction of sp³-hybridized carbons (Fsp3) is 0.240. The number of nitrogens with two attached hydrogens (primary N) is 1. The molecular formula is C25H26FN3O2. The van der Waals surface area contributed by atoms with Crippen LogP contribution in [-0.2, 0) is 4.74 Å². The summed E-state index contributed by atoms with van der Waals surface area (Å²) in [6.07, 6.45) is 10.2. The number of allylic oxidation sites excluding steroid dienone is 4. The maximum atomic E-state index is 13.3. The summed E-state index contributed by atoms with van der Waals surface area (Å²) >= 11 is 0. The number of hydrogen-bond donors (Lipinski definition) is 1. The van der Waals surface area contributed by atoms with Crippen LogP contribution in [0.4, 0.5) is 4.39 Å². The van der Waals surface area contributed by atoms with E-state index < -0.39 is 0 Å². The summed E-state index contributed by atoms with van der Waals surface area (Å²) in [5.41, 5.74) is 10.1. The minimum absolute atomic E-state index is 0.215. The molecule has 2 aromatic carbocycles. The lowest BCUT2D eigenvalue weighted by atomic mass is 10.00. The zero-order chi connectivity index (χ0) is 22.0. The van der Waals surface area contributed by atoms with Crippen LogP contribution in [-0.4, -0.2) is 29.0 Å². The topological polar surface area (TPSA) is 62.3 Å². The number of methoxy groups -OCH3 is 1. The Balaban J connectivity index is 1.68. The highest BCUT2D eigenvalue weighted by molar-refractivity contribution is 5.83. The van der Waals surface area contributed by atoms with Gasteiger partial charge in [-0.15, -0.1) is 0 Å². The van der Waals surface area contributed by atoms with E-state index in [4.69, 9.17) is 15.2 Å². The van der Waals surface area contributed by atoms with Gasteiger partial charge in [-0.2, -0.15) is 5.10 Å². The Morgan fingerprint density at radius 3 is 2.68 bits per heavy atom. The van der Waals surface area contributed by atoms with Crippen molar-refractivity contribution in [3.05, 3.63) is 89.6 Å². The van der Waals surface area contributed by atoms with Crippen LogP contribution in [0.3, 0.4) is 0 Å². The molecular weight excluding hydrogens is 393 g/mol. The number of fused-ring (bicyclic) bond motifs is 1. The molecule has 0 unspecified atom stereocenters. The van der Waals surface area contributed by atoms with Crippen molar-refractivity contribution >= 4 is 10.9 Å². The molecule has 6 heteroatoms. The standard InChI is InChI=1S/C25H26FN3O2/c1-16-12-23-19(15-28-29(23)21-10-8-20(26)9-11-21)14-24(16)31-25(17(2)27)18-6-4-5-7-22(13-18)30-3/h4-5,7-15,17,25H,6,27H2,1-3H3/t17-,25-/m0/s1. The van der Waals surface area contributed by atoms with Crippen LogP contribution in [0.2, 0.25) is 0 Å². The number of nitrogens with zero attached hydrogens (tertiary/aromatic N) is 2. The lowest BCUT2D eigenvalue weighted by Gasteiger charge is -2.26. The zero-order valence-corrected chi connectivity index (χ0v) is 17.9. The van der Waals surface area contributed by atoms with E-state index in [1.54, 1.807) is 30.1 Å². The monoisotopic (exact) mass is 419 g/mol. The highest BCUT2D eigenvalue weighted by Gasteiger charge is 2.23. The molecule has 1 heterocycles. The van der Waals surface area contributed by atoms with Gasteiger partial charge in [-0.25, -0.2) is 9.07 Å². The lowest BCUT2D eigenvalue weighted by molar-refractivity contribution is 0.207. The van der Waals surface area contributed by atoms with Crippen molar-refractivity contribution in [2.45, 2.75) is 32.4 Å². The Hall–Kier alpha value is -3.38. The maximum Gasteiger partial charge on any atom is 0.135 e. The molecule has 2 atom stereocenters. The van der Waals surface area contributed by atoms with Crippen molar-refractivity contribution in [2.75, 3.05) is 7.11 Å². The second-order valence-electron chi connectivity index (χ2n) is 7.73. The molecule has 0 radical (unpaired) electrons. The van der Waals surface area contributed by atoms with E-state index in [2.05, 4.69) is 11.2 Å². The second kappa shape index (κ2) is 8.78. The van der Waals surface area contributed by atoms with E-state index in [1.807, 2.05) is 44.2 Å². The van der Waals surface area contributed by atoms with Gasteiger partial charge in [-0.05, 0) is 80.0 Å². The molecule has 0 bridgehead atoms. The number of hydrogen-bond acceptors (Lipinski definition) is 4. The lowest BCUT2D eigenvalue weighted by Crippen LogP contribution is -2.38. The summed E-state index contributed by atoms with van der Waals surface area (Å²) in [6, 6.07) is 10.1. The second-order valence-corrected chi connectivity index (χ2v) is 7.73. The predicted molar refractivity (Wildman–Crippen MR) is 121 cm³/mol. The summed E-state index contributed by atoms with van der Waals surface area (Å²) in [7, 11) is 1.65. The third kappa shape index (κ3) is 4.39. The van der Waals surface area contributed by atoms with Crippen LogP contribution in [0.5, 0.6) is 5.75 Å². The predicted octanol–water partition coefficient (Wildman–Crippen LogP) is 4.98. The van der Waals surface area contributed by atoms with Crippen LogP contribution in [0.1, 0.15) is 18.9 Å². The minimum Gasteiger partial charge on any atom is -0.497 e. The maximum absolute atomic E-state index is 13.3. The first-order valence-electron chi connectivity index (χ1n) is 10.2. The fourth-order valence-electron chi connectivity index (χ4n) is 3.71. The van der Waals surface area contributed by atoms with Gasteiger partial charge in [-0.1, -0.05) is 12.2 Å². The van der Waals surface area contributed by atoms with Crippen LogP contribution in [0.25, 0.3) is 16.6 Å². The average Bonchev–Trinajstić information content (AvgIpc) is 3.00. The van der Waals surface area contributed by atoms with Gasteiger partial charge in [0.1, 0.15) is 23.4 Å². The summed E-state index contributed by atoms with van der Waals surface area (Å²) < 4.78 is 26.9. The summed E-state index contributed by atoms with van der Waals surface area (Å²) in [6.45, 7) is 3.94. The first-order chi connectivity index (χ1) is 15.0. The molecule has 4 rings (SSSR count). The number of aryl methyl sites for hydroxylation is 1. The number of aromatic nitrogens is 2. The minimum atomic E-state index is -0.301. The van der Waals surface area contributed by atoms with Crippen molar-refractivity contribution in [1.29, 1.82) is 0 Å². The van der Waals surface area contributed by atoms with Crippen molar-refractivity contribution in [3.8, 4) is 11.4 Å². The van der Waals surface area contributed by atoms with Crippen LogP contribution < -0.4 is 10.5 Å². The van der Waals surface area contributed by atoms with Crippen LogP contribution in [0.15, 0.2) is 78.2 Å². The normalized spacial score (nSPS) is 15.8. The van der Waals surface area contributed by atoms with Crippen molar-refractivity contribution in [1.82, 2.24) is 9.78 Å². The SMILES string of the molecule is COC1=CC=CCC([C@@H](Oc2cc3cnn(-c4ccc(F)cc4)c3cc2C)[C@H](C)N)=C1. The third-order valence-electron chi connectivity index (χ3n) is 5.35. The Morgan fingerprint density at radius 2 is 1.97 bits per heavy atom. The number of rotatable bonds is 6. The largest absolute Gasteiger partial charge is 0.497 e. The Bertz CT molecular complexity index is 1170. The molecule has 1 aliphatic rings. The summed E-state index contributed by atoms with van der Waals surface area (Å²) in [5, 5.41) is 5.42. The molecule has 1 aliphatic carbocycles. The van der Waals surface area contributed by atoms with E-state index >= 15 is 0 Å². The van der Waals surface area contributed by atoms with Gasteiger partial charge in [0.25, 0.3) is 0 Å². The Morgan fingerprint density at radius 1 is 1.19 bits per heavy atom. The van der Waals surface area contributed by atoms with E-state index in [9.17, 15) is 4.39 Å². The highest BCUT2D eigenvalue weighted by Crippen LogP contribution is 2.30. The summed E-state index contributed by atoms with van der Waals surface area (Å²) in [5.74, 6) is 1.25. The smallest absolute Gasteiger partial charge is 0.135 e. The van der Waals surface area contributed by atoms with Gasteiger partial charge in [0.2, 0.25) is 0 Å². The summed E-state index contributed by atoms with van der Waals surface area (Å²) in [4.78, 5) is 0. The van der Waals surface area contributed by atoms with E-state index in [1.165, 1.54) is 12.1 Å². The molecule has 1 aromatic heterocycles. The number of ether oxygens (including phenoxy) is 2. The van der Waals surface area contributed by atoms with Gasteiger partial charge in [0, 0.05) is 11.4 Å². The third-order valence-corrected chi connectivity index (χ3v) is 5.35. The molecule has 3 aromatic rings. The molecule has 0 saturated heterocycles. The van der Waals surface area contributed by atoms with Crippen molar-refractivity contribution in [2.24, 2.45) is 5.73 Å². The molecule has 31 heavy (non-hydrogen) atoms. The molecule has 0 fully saturated rings. The molecule has 2 N–H and O–H groups in total. The van der Waals surface area contributed by atoms with Gasteiger partial charge < -0.3 is 15.2 Å². The molecule has 0 aliphatic heterocycles. The van der Waals surface area contributed by atoms with Crippen LogP contribution >= 0.6 is 0 Å². The van der Waals surface area contributed by atoms with E-state index in [0.29, 0.717) is 0 Å². The molecule has 0 spiro atoms. The Labute approximate surface area is 181 Å². The zero-order valence-electron chi connectivity index (χ0n) is 17.9. The van der Waals surface area contributed by atoms with Crippen molar-refractivity contribution in [3.63, 3.8) is 0 Å². The first kappa shape index (κ1) is 20.9. The Kier molecular flexibility index (Phi) is 5.91. The van der Waals surface area contributed by atoms with Crippen molar-refractivity contribution < 1.29 is 13.9 Å². The molecule has 5 nitrogen and oxygen atoms in total. The molecule has 0 saturated carbocycles. The quantitative estimate of drug-likeness (QED) is 0.612. The first-order valence-corrected chi connectivity index (χ1v) is 10.2. The average molecular weight is 420 g/mol. The molecule has 0 amide bonds. The number of halogens is 1. The van der Waals surface area contributed by atoms with Gasteiger partial charge in [0.15, 0.2) is 0 Å². The molecule has 160 valence electrons.